The van der Waals surface area contributed by atoms with Crippen LogP contribution in [-0.2, 0) is 14.3 Å². The first-order chi connectivity index (χ1) is 8.40. The topological polar surface area (TPSA) is 122 Å². The summed E-state index contributed by atoms with van der Waals surface area (Å²) in [6, 6.07) is -0.448. The summed E-state index contributed by atoms with van der Waals surface area (Å²) in [4.78, 5) is 33.9. The summed E-state index contributed by atoms with van der Waals surface area (Å²) in [5.74, 6) is -1.59. The Hall–Kier alpha value is -1.83. The van der Waals surface area contributed by atoms with E-state index in [1.807, 2.05) is 0 Å². The zero-order chi connectivity index (χ0) is 13.7. The van der Waals surface area contributed by atoms with Gasteiger partial charge in [-0.1, -0.05) is 0 Å². The highest BCUT2D eigenvalue weighted by Crippen LogP contribution is 2.19. The molecule has 1 aliphatic rings. The summed E-state index contributed by atoms with van der Waals surface area (Å²) in [6.07, 6.45) is -0.0867. The lowest BCUT2D eigenvalue weighted by atomic mass is 10.2. The number of hydrogen-bond acceptors (Lipinski definition) is 4. The van der Waals surface area contributed by atoms with Crippen molar-refractivity contribution in [1.29, 1.82) is 0 Å². The molecule has 8 nitrogen and oxygen atoms in total. The van der Waals surface area contributed by atoms with Gasteiger partial charge in [0.25, 0.3) is 0 Å². The Balaban J connectivity index is 2.27. The molecular formula is C10H17N3O5. The average Bonchev–Trinajstić information content (AvgIpc) is 2.73. The molecule has 1 rings (SSSR count). The maximum atomic E-state index is 11.5. The quantitative estimate of drug-likeness (QED) is 0.569. The Labute approximate surface area is 104 Å². The Morgan fingerprint density at radius 1 is 1.44 bits per heavy atom. The summed E-state index contributed by atoms with van der Waals surface area (Å²) >= 11 is 0. The molecule has 0 bridgehead atoms. The van der Waals surface area contributed by atoms with Crippen molar-refractivity contribution < 1.29 is 24.2 Å². The molecule has 0 saturated carbocycles. The molecule has 0 radical (unpaired) electrons. The maximum Gasteiger partial charge on any atom is 0.332 e. The van der Waals surface area contributed by atoms with Crippen LogP contribution >= 0.6 is 0 Å². The molecule has 0 aromatic rings. The fraction of sp³-hybridized carbons (Fsp3) is 0.700. The number of carboxylic acid groups (broad SMARTS) is 1. The van der Waals surface area contributed by atoms with Crippen LogP contribution in [0.25, 0.3) is 0 Å². The second-order valence-corrected chi connectivity index (χ2v) is 4.17. The number of ether oxygens (including phenoxy) is 1. The zero-order valence-electron chi connectivity index (χ0n) is 10.1. The normalized spacial score (nSPS) is 22.5. The number of rotatable bonds is 5. The van der Waals surface area contributed by atoms with Gasteiger partial charge in [0, 0.05) is 13.6 Å². The monoisotopic (exact) mass is 259 g/mol. The van der Waals surface area contributed by atoms with E-state index in [4.69, 9.17) is 15.6 Å². The molecule has 3 amide bonds. The van der Waals surface area contributed by atoms with Gasteiger partial charge in [0.2, 0.25) is 5.91 Å². The summed E-state index contributed by atoms with van der Waals surface area (Å²) in [7, 11) is 1.44. The van der Waals surface area contributed by atoms with Gasteiger partial charge in [-0.2, -0.15) is 0 Å². The molecule has 4 N–H and O–H groups in total. The molecule has 1 saturated heterocycles. The first-order valence-corrected chi connectivity index (χ1v) is 5.55. The van der Waals surface area contributed by atoms with E-state index < -0.39 is 24.0 Å². The van der Waals surface area contributed by atoms with Gasteiger partial charge in [-0.05, 0) is 12.8 Å². The van der Waals surface area contributed by atoms with Crippen LogP contribution in [-0.4, -0.2) is 60.3 Å². The molecule has 18 heavy (non-hydrogen) atoms. The molecule has 2 unspecified atom stereocenters. The van der Waals surface area contributed by atoms with E-state index in [0.29, 0.717) is 12.8 Å². The van der Waals surface area contributed by atoms with Crippen molar-refractivity contribution in [3.63, 3.8) is 0 Å². The lowest BCUT2D eigenvalue weighted by Crippen LogP contribution is -2.44. The number of carboxylic acids is 1. The molecule has 0 spiro atoms. The van der Waals surface area contributed by atoms with Crippen LogP contribution in [0.5, 0.6) is 0 Å². The van der Waals surface area contributed by atoms with Crippen LogP contribution in [0.4, 0.5) is 4.79 Å². The molecule has 1 fully saturated rings. The van der Waals surface area contributed by atoms with Gasteiger partial charge in [0.1, 0.15) is 6.54 Å². The van der Waals surface area contributed by atoms with Gasteiger partial charge in [-0.25, -0.2) is 9.59 Å². The van der Waals surface area contributed by atoms with Crippen molar-refractivity contribution in [2.24, 2.45) is 5.73 Å². The van der Waals surface area contributed by atoms with E-state index in [-0.39, 0.29) is 19.2 Å². The minimum absolute atomic E-state index is 0.172. The molecule has 2 atom stereocenters. The SMILES string of the molecule is CN(CC(N)=O)C(=O)NCC1CCC(C(=O)O)O1. The lowest BCUT2D eigenvalue weighted by Gasteiger charge is -2.18. The maximum absolute atomic E-state index is 11.5. The highest BCUT2D eigenvalue weighted by molar-refractivity contribution is 5.82. The van der Waals surface area contributed by atoms with Crippen molar-refractivity contribution in [3.05, 3.63) is 0 Å². The number of nitrogens with zero attached hydrogens (tertiary/aromatic N) is 1. The fourth-order valence-electron chi connectivity index (χ4n) is 1.68. The molecule has 1 heterocycles. The Kier molecular flexibility index (Phi) is 4.90. The summed E-state index contributed by atoms with van der Waals surface area (Å²) in [5.41, 5.74) is 4.95. The second-order valence-electron chi connectivity index (χ2n) is 4.17. The Morgan fingerprint density at radius 2 is 2.11 bits per heavy atom. The van der Waals surface area contributed by atoms with E-state index in [9.17, 15) is 14.4 Å². The molecule has 8 heteroatoms. The third-order valence-corrected chi connectivity index (χ3v) is 2.60. The number of urea groups is 1. The van der Waals surface area contributed by atoms with E-state index in [1.54, 1.807) is 0 Å². The zero-order valence-corrected chi connectivity index (χ0v) is 10.1. The number of hydrogen-bond donors (Lipinski definition) is 3. The number of likely N-dealkylation sites (N-methyl/N-ethyl adjacent to an activating group) is 1. The molecule has 1 aliphatic heterocycles. The summed E-state index contributed by atoms with van der Waals surface area (Å²) < 4.78 is 5.21. The fourth-order valence-corrected chi connectivity index (χ4v) is 1.68. The minimum atomic E-state index is -0.991. The molecule has 0 aromatic heterocycles. The number of amides is 3. The number of carbonyl (C=O) groups excluding carboxylic acids is 2. The average molecular weight is 259 g/mol. The number of nitrogens with two attached hydrogens (primary N) is 1. The smallest absolute Gasteiger partial charge is 0.332 e. The van der Waals surface area contributed by atoms with Crippen LogP contribution < -0.4 is 11.1 Å². The van der Waals surface area contributed by atoms with E-state index in [0.717, 1.165) is 4.90 Å². The van der Waals surface area contributed by atoms with E-state index in [2.05, 4.69) is 5.32 Å². The highest BCUT2D eigenvalue weighted by atomic mass is 16.5. The Bertz CT molecular complexity index is 346. The van der Waals surface area contributed by atoms with Gasteiger partial charge in [-0.15, -0.1) is 0 Å². The largest absolute Gasteiger partial charge is 0.479 e. The number of nitrogens with one attached hydrogen (secondary N) is 1. The van der Waals surface area contributed by atoms with Crippen molar-refractivity contribution in [2.45, 2.75) is 25.0 Å². The first kappa shape index (κ1) is 14.2. The predicted molar refractivity (Wildman–Crippen MR) is 60.8 cm³/mol. The van der Waals surface area contributed by atoms with Crippen molar-refractivity contribution >= 4 is 17.9 Å². The van der Waals surface area contributed by atoms with Gasteiger partial charge in [0.05, 0.1) is 6.10 Å². The number of carbonyl (C=O) groups is 3. The van der Waals surface area contributed by atoms with Crippen LogP contribution in [0.1, 0.15) is 12.8 Å². The summed E-state index contributed by atoms with van der Waals surface area (Å²) in [5, 5.41) is 11.3. The molecular weight excluding hydrogens is 242 g/mol. The van der Waals surface area contributed by atoms with Crippen LogP contribution in [0.2, 0.25) is 0 Å². The lowest BCUT2D eigenvalue weighted by molar-refractivity contribution is -0.149. The van der Waals surface area contributed by atoms with Gasteiger partial charge in [-0.3, -0.25) is 4.79 Å². The summed E-state index contributed by atoms with van der Waals surface area (Å²) in [6.45, 7) is 0.0425. The standard InChI is InChI=1S/C10H17N3O5/c1-13(5-8(11)14)10(17)12-4-6-2-3-7(18-6)9(15)16/h6-7H,2-5H2,1H3,(H2,11,14)(H,12,17)(H,15,16). The van der Waals surface area contributed by atoms with E-state index >= 15 is 0 Å². The van der Waals surface area contributed by atoms with Crippen LogP contribution in [0.15, 0.2) is 0 Å². The minimum Gasteiger partial charge on any atom is -0.479 e. The third kappa shape index (κ3) is 4.21. The van der Waals surface area contributed by atoms with E-state index in [1.165, 1.54) is 7.05 Å². The van der Waals surface area contributed by atoms with Crippen molar-refractivity contribution in [3.8, 4) is 0 Å². The second kappa shape index (κ2) is 6.20. The number of primary amides is 1. The molecule has 0 aromatic carbocycles. The van der Waals surface area contributed by atoms with Gasteiger partial charge >= 0.3 is 12.0 Å². The molecule has 0 aliphatic carbocycles. The van der Waals surface area contributed by atoms with Crippen molar-refractivity contribution in [2.75, 3.05) is 20.1 Å². The first-order valence-electron chi connectivity index (χ1n) is 5.55. The number of aliphatic carboxylic acids is 1. The van der Waals surface area contributed by atoms with Crippen LogP contribution in [0.3, 0.4) is 0 Å². The van der Waals surface area contributed by atoms with Crippen LogP contribution in [0, 0.1) is 0 Å². The third-order valence-electron chi connectivity index (χ3n) is 2.60. The Morgan fingerprint density at radius 3 is 2.61 bits per heavy atom. The van der Waals surface area contributed by atoms with Gasteiger partial charge in [0.15, 0.2) is 6.10 Å². The molecule has 102 valence electrons. The predicted octanol–water partition coefficient (Wildman–Crippen LogP) is -1.25. The van der Waals surface area contributed by atoms with Crippen molar-refractivity contribution in [1.82, 2.24) is 10.2 Å². The van der Waals surface area contributed by atoms with Gasteiger partial charge < -0.3 is 25.8 Å². The highest BCUT2D eigenvalue weighted by Gasteiger charge is 2.30.